The van der Waals surface area contributed by atoms with Gasteiger partial charge in [-0.05, 0) is 31.6 Å². The lowest BCUT2D eigenvalue weighted by atomic mass is 10.0. The van der Waals surface area contributed by atoms with Gasteiger partial charge in [0.2, 0.25) is 0 Å². The molecule has 1 aliphatic heterocycles. The lowest BCUT2D eigenvalue weighted by Crippen LogP contribution is -2.40. The highest BCUT2D eigenvalue weighted by atomic mass is 16.5. The summed E-state index contributed by atoms with van der Waals surface area (Å²) >= 11 is 0. The van der Waals surface area contributed by atoms with E-state index in [0.717, 1.165) is 45.1 Å². The molecular weight excluding hydrogens is 226 g/mol. The molecule has 0 aromatic heterocycles. The van der Waals surface area contributed by atoms with E-state index >= 15 is 0 Å². The zero-order chi connectivity index (χ0) is 13.2. The van der Waals surface area contributed by atoms with Crippen molar-refractivity contribution in [3.8, 4) is 0 Å². The van der Waals surface area contributed by atoms with Gasteiger partial charge in [0, 0.05) is 25.8 Å². The molecule has 0 spiro atoms. The smallest absolute Gasteiger partial charge is 0.0591 e. The number of rotatable bonds is 9. The molecule has 18 heavy (non-hydrogen) atoms. The second-order valence-corrected chi connectivity index (χ2v) is 5.75. The average molecular weight is 257 g/mol. The molecule has 3 nitrogen and oxygen atoms in total. The van der Waals surface area contributed by atoms with Crippen LogP contribution in [0.25, 0.3) is 0 Å². The third-order valence-corrected chi connectivity index (χ3v) is 3.50. The van der Waals surface area contributed by atoms with Crippen LogP contribution in [0.4, 0.5) is 0 Å². The molecule has 2 unspecified atom stereocenters. The van der Waals surface area contributed by atoms with E-state index in [1.807, 2.05) is 0 Å². The molecule has 1 fully saturated rings. The summed E-state index contributed by atoms with van der Waals surface area (Å²) in [7, 11) is 0. The maximum Gasteiger partial charge on any atom is 0.0591 e. The van der Waals surface area contributed by atoms with E-state index < -0.39 is 0 Å². The summed E-state index contributed by atoms with van der Waals surface area (Å²) in [6.45, 7) is 10.3. The number of hydrogen-bond donors (Lipinski definition) is 1. The van der Waals surface area contributed by atoms with Gasteiger partial charge >= 0.3 is 0 Å². The summed E-state index contributed by atoms with van der Waals surface area (Å²) in [5.41, 5.74) is 0. The van der Waals surface area contributed by atoms with Crippen LogP contribution < -0.4 is 5.32 Å². The fourth-order valence-electron chi connectivity index (χ4n) is 2.35. The van der Waals surface area contributed by atoms with Gasteiger partial charge in [-0.3, -0.25) is 0 Å². The first-order valence-electron chi connectivity index (χ1n) is 7.65. The molecule has 0 aliphatic carbocycles. The highest BCUT2D eigenvalue weighted by Gasteiger charge is 2.21. The van der Waals surface area contributed by atoms with Gasteiger partial charge in [0.1, 0.15) is 0 Å². The van der Waals surface area contributed by atoms with Gasteiger partial charge in [0.05, 0.1) is 12.7 Å². The first-order valence-corrected chi connectivity index (χ1v) is 7.65. The Kier molecular flexibility index (Phi) is 8.64. The minimum atomic E-state index is 0.475. The standard InChI is InChI=1S/C15H31NO2/c1-4-5-15-12-14(7-10-18-15)16-8-11-17-9-6-13(2)3/h13-16H,4-12H2,1-3H3. The van der Waals surface area contributed by atoms with Crippen LogP contribution in [0.1, 0.15) is 52.9 Å². The number of ether oxygens (including phenoxy) is 2. The molecule has 1 saturated heterocycles. The predicted octanol–water partition coefficient (Wildman–Crippen LogP) is 2.99. The van der Waals surface area contributed by atoms with Crippen molar-refractivity contribution >= 4 is 0 Å². The monoisotopic (exact) mass is 257 g/mol. The first-order chi connectivity index (χ1) is 8.72. The van der Waals surface area contributed by atoms with Gasteiger partial charge in [0.15, 0.2) is 0 Å². The molecule has 1 N–H and O–H groups in total. The van der Waals surface area contributed by atoms with E-state index in [1.165, 1.54) is 19.3 Å². The second kappa shape index (κ2) is 9.76. The van der Waals surface area contributed by atoms with Crippen molar-refractivity contribution in [1.29, 1.82) is 0 Å². The Balaban J connectivity index is 1.98. The molecule has 0 aromatic carbocycles. The Morgan fingerprint density at radius 3 is 2.89 bits per heavy atom. The first kappa shape index (κ1) is 15.9. The molecule has 0 bridgehead atoms. The van der Waals surface area contributed by atoms with Crippen LogP contribution in [0.3, 0.4) is 0 Å². The van der Waals surface area contributed by atoms with E-state index in [0.29, 0.717) is 12.1 Å². The van der Waals surface area contributed by atoms with Crippen molar-refractivity contribution in [2.24, 2.45) is 5.92 Å². The minimum absolute atomic E-state index is 0.475. The lowest BCUT2D eigenvalue weighted by Gasteiger charge is -2.30. The molecule has 1 rings (SSSR count). The Morgan fingerprint density at radius 1 is 1.33 bits per heavy atom. The third kappa shape index (κ3) is 7.34. The summed E-state index contributed by atoms with van der Waals surface area (Å²) in [6.07, 6.45) is 6.36. The highest BCUT2D eigenvalue weighted by molar-refractivity contribution is 4.76. The van der Waals surface area contributed by atoms with E-state index in [9.17, 15) is 0 Å². The van der Waals surface area contributed by atoms with Crippen LogP contribution in [0, 0.1) is 5.92 Å². The Bertz CT molecular complexity index is 195. The average Bonchev–Trinajstić information content (AvgIpc) is 2.34. The molecule has 0 saturated carbocycles. The van der Waals surface area contributed by atoms with Gasteiger partial charge in [-0.25, -0.2) is 0 Å². The van der Waals surface area contributed by atoms with Crippen LogP contribution in [0.15, 0.2) is 0 Å². The normalized spacial score (nSPS) is 24.7. The molecule has 0 radical (unpaired) electrons. The highest BCUT2D eigenvalue weighted by Crippen LogP contribution is 2.17. The largest absolute Gasteiger partial charge is 0.380 e. The SMILES string of the molecule is CCCC1CC(NCCOCCC(C)C)CCO1. The number of hydrogen-bond acceptors (Lipinski definition) is 3. The van der Waals surface area contributed by atoms with Crippen molar-refractivity contribution in [2.45, 2.75) is 65.0 Å². The minimum Gasteiger partial charge on any atom is -0.380 e. The van der Waals surface area contributed by atoms with Crippen LogP contribution in [-0.2, 0) is 9.47 Å². The van der Waals surface area contributed by atoms with Crippen LogP contribution in [-0.4, -0.2) is 38.5 Å². The van der Waals surface area contributed by atoms with E-state index in [-0.39, 0.29) is 0 Å². The van der Waals surface area contributed by atoms with Crippen molar-refractivity contribution < 1.29 is 9.47 Å². The summed E-state index contributed by atoms with van der Waals surface area (Å²) in [5, 5.41) is 3.59. The quantitative estimate of drug-likeness (QED) is 0.644. The Hall–Kier alpha value is -0.120. The maximum atomic E-state index is 5.75. The number of nitrogens with one attached hydrogen (secondary N) is 1. The third-order valence-electron chi connectivity index (χ3n) is 3.50. The fourth-order valence-corrected chi connectivity index (χ4v) is 2.35. The second-order valence-electron chi connectivity index (χ2n) is 5.75. The van der Waals surface area contributed by atoms with Gasteiger partial charge in [-0.15, -0.1) is 0 Å². The molecular formula is C15H31NO2. The van der Waals surface area contributed by atoms with E-state index in [4.69, 9.17) is 9.47 Å². The van der Waals surface area contributed by atoms with Crippen LogP contribution >= 0.6 is 0 Å². The molecule has 1 aliphatic rings. The zero-order valence-electron chi connectivity index (χ0n) is 12.4. The van der Waals surface area contributed by atoms with Crippen molar-refractivity contribution in [2.75, 3.05) is 26.4 Å². The van der Waals surface area contributed by atoms with Crippen molar-refractivity contribution in [3.05, 3.63) is 0 Å². The topological polar surface area (TPSA) is 30.5 Å². The lowest BCUT2D eigenvalue weighted by molar-refractivity contribution is -0.00446. The van der Waals surface area contributed by atoms with Crippen molar-refractivity contribution in [1.82, 2.24) is 5.32 Å². The molecule has 3 heteroatoms. The zero-order valence-corrected chi connectivity index (χ0v) is 12.4. The molecule has 0 amide bonds. The Labute approximate surface area is 113 Å². The molecule has 108 valence electrons. The Morgan fingerprint density at radius 2 is 2.17 bits per heavy atom. The van der Waals surface area contributed by atoms with Gasteiger partial charge in [-0.1, -0.05) is 27.2 Å². The molecule has 2 atom stereocenters. The van der Waals surface area contributed by atoms with Gasteiger partial charge in [-0.2, -0.15) is 0 Å². The predicted molar refractivity (Wildman–Crippen MR) is 75.9 cm³/mol. The van der Waals surface area contributed by atoms with Crippen LogP contribution in [0.2, 0.25) is 0 Å². The summed E-state index contributed by atoms with van der Waals surface area (Å²) in [6, 6.07) is 0.629. The maximum absolute atomic E-state index is 5.75. The van der Waals surface area contributed by atoms with Crippen LogP contribution in [0.5, 0.6) is 0 Å². The molecule has 1 heterocycles. The van der Waals surface area contributed by atoms with Crippen molar-refractivity contribution in [3.63, 3.8) is 0 Å². The summed E-state index contributed by atoms with van der Waals surface area (Å²) in [4.78, 5) is 0. The van der Waals surface area contributed by atoms with Gasteiger partial charge in [0.25, 0.3) is 0 Å². The van der Waals surface area contributed by atoms with Gasteiger partial charge < -0.3 is 14.8 Å². The van der Waals surface area contributed by atoms with E-state index in [2.05, 4.69) is 26.1 Å². The molecule has 0 aromatic rings. The summed E-state index contributed by atoms with van der Waals surface area (Å²) in [5.74, 6) is 0.739. The summed E-state index contributed by atoms with van der Waals surface area (Å²) < 4.78 is 11.4. The fraction of sp³-hybridized carbons (Fsp3) is 1.00. The van der Waals surface area contributed by atoms with E-state index in [1.54, 1.807) is 0 Å².